The molecule has 0 aliphatic carbocycles. The van der Waals surface area contributed by atoms with Crippen LogP contribution in [-0.4, -0.2) is 46.8 Å². The number of aryl methyl sites for hydroxylation is 1. The van der Waals surface area contributed by atoms with Crippen LogP contribution in [0.3, 0.4) is 0 Å². The summed E-state index contributed by atoms with van der Waals surface area (Å²) in [6, 6.07) is 17.7. The second-order valence-corrected chi connectivity index (χ2v) is 12.9. The van der Waals surface area contributed by atoms with Crippen molar-refractivity contribution in [2.75, 3.05) is 13.2 Å². The van der Waals surface area contributed by atoms with E-state index in [1.54, 1.807) is 43.3 Å². The van der Waals surface area contributed by atoms with Crippen LogP contribution in [0.25, 0.3) is 0 Å². The van der Waals surface area contributed by atoms with Gasteiger partial charge in [-0.2, -0.15) is 8.42 Å². The van der Waals surface area contributed by atoms with E-state index in [4.69, 9.17) is 13.7 Å². The SMILES string of the molecule is Cc1cc(OCCCOc2cccc3c2C(=O)NC3=O)cc(OS(=O)(=O)c2ccccc2S(=O)(=O)NCc2ccncc2)c1. The predicted molar refractivity (Wildman–Crippen MR) is 158 cm³/mol. The molecule has 44 heavy (non-hydrogen) atoms. The van der Waals surface area contributed by atoms with Gasteiger partial charge in [-0.25, -0.2) is 13.1 Å². The fourth-order valence-corrected chi connectivity index (χ4v) is 7.13. The first-order valence-corrected chi connectivity index (χ1v) is 16.2. The highest BCUT2D eigenvalue weighted by Crippen LogP contribution is 2.29. The van der Waals surface area contributed by atoms with Crippen LogP contribution in [0, 0.1) is 6.92 Å². The van der Waals surface area contributed by atoms with Gasteiger partial charge in [-0.1, -0.05) is 18.2 Å². The van der Waals surface area contributed by atoms with Crippen LogP contribution in [0.2, 0.25) is 0 Å². The molecule has 12 nitrogen and oxygen atoms in total. The van der Waals surface area contributed by atoms with Crippen molar-refractivity contribution in [3.8, 4) is 17.2 Å². The maximum Gasteiger partial charge on any atom is 0.340 e. The van der Waals surface area contributed by atoms with Gasteiger partial charge in [0.25, 0.3) is 11.8 Å². The molecule has 0 atom stereocenters. The Balaban J connectivity index is 1.22. The summed E-state index contributed by atoms with van der Waals surface area (Å²) in [6.07, 6.45) is 3.44. The van der Waals surface area contributed by atoms with Crippen molar-refractivity contribution in [3.05, 3.63) is 107 Å². The molecule has 5 rings (SSSR count). The van der Waals surface area contributed by atoms with E-state index in [9.17, 15) is 26.4 Å². The van der Waals surface area contributed by atoms with E-state index in [-0.39, 0.29) is 42.4 Å². The van der Waals surface area contributed by atoms with Gasteiger partial charge in [0, 0.05) is 31.4 Å². The zero-order chi connectivity index (χ0) is 31.3. The van der Waals surface area contributed by atoms with Crippen molar-refractivity contribution in [3.63, 3.8) is 0 Å². The lowest BCUT2D eigenvalue weighted by Gasteiger charge is -2.14. The fraction of sp³-hybridized carbons (Fsp3) is 0.167. The number of carbonyl (C=O) groups is 2. The maximum atomic E-state index is 13.3. The summed E-state index contributed by atoms with van der Waals surface area (Å²) in [5.41, 5.74) is 1.73. The van der Waals surface area contributed by atoms with Gasteiger partial charge in [-0.05, 0) is 66.6 Å². The minimum Gasteiger partial charge on any atom is -0.493 e. The molecule has 2 N–H and O–H groups in total. The molecule has 2 heterocycles. The second-order valence-electron chi connectivity index (χ2n) is 9.66. The van der Waals surface area contributed by atoms with Gasteiger partial charge in [0.2, 0.25) is 10.0 Å². The van der Waals surface area contributed by atoms with Crippen molar-refractivity contribution in [2.45, 2.75) is 29.7 Å². The first-order chi connectivity index (χ1) is 21.0. The second kappa shape index (κ2) is 12.8. The molecular formula is C30H27N3O9S2. The van der Waals surface area contributed by atoms with E-state index in [1.807, 2.05) is 0 Å². The normalized spacial score (nSPS) is 12.8. The lowest BCUT2D eigenvalue weighted by atomic mass is 10.1. The molecule has 1 aliphatic heterocycles. The first kappa shape index (κ1) is 30.7. The van der Waals surface area contributed by atoms with Crippen LogP contribution in [0.4, 0.5) is 0 Å². The molecule has 228 valence electrons. The number of amides is 2. The summed E-state index contributed by atoms with van der Waals surface area (Å²) < 4.78 is 72.0. The molecule has 0 saturated heterocycles. The molecule has 14 heteroatoms. The lowest BCUT2D eigenvalue weighted by molar-refractivity contribution is 0.0878. The lowest BCUT2D eigenvalue weighted by Crippen LogP contribution is -2.25. The Labute approximate surface area is 254 Å². The average molecular weight is 638 g/mol. The van der Waals surface area contributed by atoms with Crippen molar-refractivity contribution < 1.29 is 40.1 Å². The maximum absolute atomic E-state index is 13.3. The van der Waals surface area contributed by atoms with Crippen molar-refractivity contribution in [1.29, 1.82) is 0 Å². The van der Waals surface area contributed by atoms with Gasteiger partial charge in [0.15, 0.2) is 0 Å². The number of nitrogens with zero attached hydrogens (tertiary/aromatic N) is 1. The number of hydrogen-bond donors (Lipinski definition) is 2. The third kappa shape index (κ3) is 7.05. The summed E-state index contributed by atoms with van der Waals surface area (Å²) in [5.74, 6) is -0.441. The summed E-state index contributed by atoms with van der Waals surface area (Å²) in [6.45, 7) is 2.02. The average Bonchev–Trinajstić information content (AvgIpc) is 3.29. The van der Waals surface area contributed by atoms with E-state index in [2.05, 4.69) is 15.0 Å². The molecule has 0 radical (unpaired) electrons. The molecule has 0 fully saturated rings. The third-order valence-electron chi connectivity index (χ3n) is 6.39. The van der Waals surface area contributed by atoms with Crippen molar-refractivity contribution in [2.24, 2.45) is 0 Å². The molecule has 1 aliphatic rings. The number of rotatable bonds is 13. The number of benzene rings is 3. The zero-order valence-electron chi connectivity index (χ0n) is 23.3. The Morgan fingerprint density at radius 2 is 1.50 bits per heavy atom. The van der Waals surface area contributed by atoms with E-state index < -0.39 is 41.7 Å². The zero-order valence-corrected chi connectivity index (χ0v) is 25.0. The van der Waals surface area contributed by atoms with Crippen LogP contribution >= 0.6 is 0 Å². The number of aromatic nitrogens is 1. The third-order valence-corrected chi connectivity index (χ3v) is 9.29. The number of pyridine rings is 1. The van der Waals surface area contributed by atoms with Gasteiger partial charge in [-0.15, -0.1) is 0 Å². The number of nitrogens with one attached hydrogen (secondary N) is 2. The van der Waals surface area contributed by atoms with E-state index >= 15 is 0 Å². The molecule has 0 unspecified atom stereocenters. The Hall–Kier alpha value is -4.79. The number of fused-ring (bicyclic) bond motifs is 1. The molecule has 0 saturated carbocycles. The van der Waals surface area contributed by atoms with Crippen LogP contribution in [0.1, 0.15) is 38.3 Å². The Morgan fingerprint density at radius 1 is 0.795 bits per heavy atom. The van der Waals surface area contributed by atoms with E-state index in [0.29, 0.717) is 23.3 Å². The molecule has 0 spiro atoms. The standard InChI is InChI=1S/C30H27N3O9S2/c1-20-16-22(40-14-5-15-41-25-7-4-6-24-28(25)30(35)33-29(24)34)18-23(17-20)42-44(38,39)27-9-3-2-8-26(27)43(36,37)32-19-21-10-12-31-13-11-21/h2-4,6-13,16-18,32H,5,14-15,19H2,1H3,(H,33,34,35). The molecule has 3 aromatic carbocycles. The number of imide groups is 1. The molecule has 4 aromatic rings. The van der Waals surface area contributed by atoms with Crippen LogP contribution < -0.4 is 23.7 Å². The minimum absolute atomic E-state index is 0.0632. The van der Waals surface area contributed by atoms with Crippen LogP contribution in [0.5, 0.6) is 17.2 Å². The summed E-state index contributed by atoms with van der Waals surface area (Å²) in [5, 5.41) is 2.23. The van der Waals surface area contributed by atoms with Crippen LogP contribution in [-0.2, 0) is 26.7 Å². The largest absolute Gasteiger partial charge is 0.493 e. The topological polar surface area (TPSA) is 167 Å². The fourth-order valence-electron chi connectivity index (χ4n) is 4.39. The van der Waals surface area contributed by atoms with Gasteiger partial charge in [0.1, 0.15) is 27.0 Å². The Bertz CT molecular complexity index is 1930. The van der Waals surface area contributed by atoms with Crippen LogP contribution in [0.15, 0.2) is 95.0 Å². The number of carbonyl (C=O) groups excluding carboxylic acids is 2. The van der Waals surface area contributed by atoms with Gasteiger partial charge < -0.3 is 13.7 Å². The summed E-state index contributed by atoms with van der Waals surface area (Å²) >= 11 is 0. The Morgan fingerprint density at radius 3 is 2.27 bits per heavy atom. The van der Waals surface area contributed by atoms with Gasteiger partial charge in [-0.3, -0.25) is 19.9 Å². The monoisotopic (exact) mass is 637 g/mol. The van der Waals surface area contributed by atoms with Gasteiger partial charge >= 0.3 is 10.1 Å². The quantitative estimate of drug-likeness (QED) is 0.126. The smallest absolute Gasteiger partial charge is 0.340 e. The van der Waals surface area contributed by atoms with Crippen molar-refractivity contribution in [1.82, 2.24) is 15.0 Å². The summed E-state index contributed by atoms with van der Waals surface area (Å²) in [7, 11) is -8.81. The Kier molecular flexibility index (Phi) is 8.94. The number of sulfonamides is 1. The summed E-state index contributed by atoms with van der Waals surface area (Å²) in [4.78, 5) is 26.8. The highest BCUT2D eigenvalue weighted by molar-refractivity contribution is 7.91. The predicted octanol–water partition coefficient (Wildman–Crippen LogP) is 3.37. The first-order valence-electron chi connectivity index (χ1n) is 13.3. The van der Waals surface area contributed by atoms with Gasteiger partial charge in [0.05, 0.1) is 24.3 Å². The highest BCUT2D eigenvalue weighted by Gasteiger charge is 2.30. The molecular weight excluding hydrogens is 610 g/mol. The number of hydrogen-bond acceptors (Lipinski definition) is 10. The molecule has 2 amide bonds. The molecule has 1 aromatic heterocycles. The minimum atomic E-state index is -4.58. The van der Waals surface area contributed by atoms with E-state index in [1.165, 1.54) is 42.7 Å². The molecule has 0 bridgehead atoms. The highest BCUT2D eigenvalue weighted by atomic mass is 32.2. The van der Waals surface area contributed by atoms with Crippen molar-refractivity contribution >= 4 is 32.0 Å². The number of ether oxygens (including phenoxy) is 2. The van der Waals surface area contributed by atoms with E-state index in [0.717, 1.165) is 6.07 Å².